The van der Waals surface area contributed by atoms with Crippen molar-refractivity contribution in [3.8, 4) is 0 Å². The molecule has 3 rings (SSSR count). The summed E-state index contributed by atoms with van der Waals surface area (Å²) in [5.41, 5.74) is 1.79. The molecular weight excluding hydrogens is 267 g/mol. The van der Waals surface area contributed by atoms with E-state index in [9.17, 15) is 9.18 Å². The van der Waals surface area contributed by atoms with Crippen LogP contribution in [0.2, 0.25) is 0 Å². The van der Waals surface area contributed by atoms with Gasteiger partial charge in [-0.25, -0.2) is 4.39 Å². The fraction of sp³-hybridized carbons (Fsp3) is 0.471. The minimum absolute atomic E-state index is 0.0859. The van der Waals surface area contributed by atoms with E-state index in [1.807, 2.05) is 32.9 Å². The number of aromatic amines is 1. The Hall–Kier alpha value is -1.84. The Morgan fingerprint density at radius 3 is 2.67 bits per heavy atom. The number of hydrogen-bond acceptors (Lipinski definition) is 1. The number of amides is 1. The Balaban J connectivity index is 0.000000774. The van der Waals surface area contributed by atoms with Crippen LogP contribution in [0.3, 0.4) is 0 Å². The Labute approximate surface area is 124 Å². The number of benzene rings is 1. The Bertz CT molecular complexity index is 656. The molecule has 21 heavy (non-hydrogen) atoms. The molecule has 114 valence electrons. The van der Waals surface area contributed by atoms with E-state index in [-0.39, 0.29) is 17.1 Å². The molecule has 3 nitrogen and oxygen atoms in total. The van der Waals surface area contributed by atoms with Gasteiger partial charge in [0.05, 0.1) is 12.1 Å². The van der Waals surface area contributed by atoms with Gasteiger partial charge in [-0.1, -0.05) is 32.9 Å². The summed E-state index contributed by atoms with van der Waals surface area (Å²) in [5, 5.41) is 3.74. The Kier molecular flexibility index (Phi) is 4.35. The number of carbonyl (C=O) groups is 1. The number of halogens is 1. The maximum Gasteiger partial charge on any atom is 0.226 e. The lowest BCUT2D eigenvalue weighted by atomic mass is 10.1. The van der Waals surface area contributed by atoms with Crippen molar-refractivity contribution in [3.05, 3.63) is 35.3 Å². The minimum atomic E-state index is -0.218. The molecule has 0 aliphatic heterocycles. The summed E-state index contributed by atoms with van der Waals surface area (Å²) in [7, 11) is 0. The topological polar surface area (TPSA) is 44.9 Å². The van der Waals surface area contributed by atoms with Gasteiger partial charge in [0.25, 0.3) is 0 Å². The second kappa shape index (κ2) is 5.88. The van der Waals surface area contributed by atoms with Crippen molar-refractivity contribution in [2.24, 2.45) is 5.41 Å². The third kappa shape index (κ3) is 3.09. The lowest BCUT2D eigenvalue weighted by Crippen LogP contribution is -2.29. The fourth-order valence-corrected chi connectivity index (χ4v) is 2.23. The molecule has 1 aliphatic rings. The molecule has 0 saturated heterocycles. The van der Waals surface area contributed by atoms with E-state index >= 15 is 0 Å². The summed E-state index contributed by atoms with van der Waals surface area (Å²) in [6.07, 6.45) is 1.92. The summed E-state index contributed by atoms with van der Waals surface area (Å²) in [6, 6.07) is 5.53. The number of aromatic nitrogens is 1. The number of nitrogens with one attached hydrogen (secondary N) is 2. The molecule has 2 N–H and O–H groups in total. The summed E-state index contributed by atoms with van der Waals surface area (Å²) in [4.78, 5) is 14.9. The number of hydrogen-bond donors (Lipinski definition) is 2. The monoisotopic (exact) mass is 290 g/mol. The molecule has 0 bridgehead atoms. The van der Waals surface area contributed by atoms with Crippen LogP contribution >= 0.6 is 0 Å². The average molecular weight is 290 g/mol. The van der Waals surface area contributed by atoms with Crippen molar-refractivity contribution < 1.29 is 9.18 Å². The summed E-state index contributed by atoms with van der Waals surface area (Å²) in [5.74, 6) is -0.132. The van der Waals surface area contributed by atoms with Crippen molar-refractivity contribution in [1.29, 1.82) is 0 Å². The predicted octanol–water partition coefficient (Wildman–Crippen LogP) is 4.06. The van der Waals surface area contributed by atoms with Crippen molar-refractivity contribution in [2.45, 2.75) is 47.1 Å². The molecule has 0 spiro atoms. The Morgan fingerprint density at radius 2 is 2.05 bits per heavy atom. The normalized spacial score (nSPS) is 15.3. The first-order chi connectivity index (χ1) is 9.99. The van der Waals surface area contributed by atoms with Crippen LogP contribution in [0.25, 0.3) is 10.9 Å². The van der Waals surface area contributed by atoms with E-state index in [1.54, 1.807) is 13.0 Å². The van der Waals surface area contributed by atoms with Gasteiger partial charge < -0.3 is 10.3 Å². The van der Waals surface area contributed by atoms with Crippen LogP contribution in [0.4, 0.5) is 4.39 Å². The molecule has 1 amide bonds. The maximum absolute atomic E-state index is 13.9. The van der Waals surface area contributed by atoms with Gasteiger partial charge in [-0.3, -0.25) is 4.79 Å². The zero-order chi connectivity index (χ0) is 15.6. The van der Waals surface area contributed by atoms with Crippen molar-refractivity contribution in [2.75, 3.05) is 0 Å². The van der Waals surface area contributed by atoms with Gasteiger partial charge in [-0.05, 0) is 31.4 Å². The van der Waals surface area contributed by atoms with Crippen molar-refractivity contribution >= 4 is 16.8 Å². The lowest BCUT2D eigenvalue weighted by Gasteiger charge is -2.08. The van der Waals surface area contributed by atoms with E-state index in [4.69, 9.17) is 0 Å². The first-order valence-corrected chi connectivity index (χ1v) is 7.55. The fourth-order valence-electron chi connectivity index (χ4n) is 2.23. The van der Waals surface area contributed by atoms with E-state index in [0.717, 1.165) is 23.9 Å². The van der Waals surface area contributed by atoms with Gasteiger partial charge in [0.1, 0.15) is 5.82 Å². The Morgan fingerprint density at radius 1 is 1.38 bits per heavy atom. The molecule has 1 aromatic heterocycles. The van der Waals surface area contributed by atoms with Gasteiger partial charge in [-0.15, -0.1) is 0 Å². The molecular formula is C17H23FN2O. The van der Waals surface area contributed by atoms with Crippen LogP contribution in [0, 0.1) is 18.2 Å². The second-order valence-corrected chi connectivity index (χ2v) is 5.70. The molecule has 1 heterocycles. The quantitative estimate of drug-likeness (QED) is 0.879. The number of rotatable bonds is 3. The van der Waals surface area contributed by atoms with E-state index < -0.39 is 0 Å². The van der Waals surface area contributed by atoms with E-state index in [1.165, 1.54) is 0 Å². The molecule has 1 fully saturated rings. The zero-order valence-electron chi connectivity index (χ0n) is 13.1. The summed E-state index contributed by atoms with van der Waals surface area (Å²) >= 11 is 0. The van der Waals surface area contributed by atoms with Gasteiger partial charge >= 0.3 is 0 Å². The summed E-state index contributed by atoms with van der Waals surface area (Å²) < 4.78 is 13.9. The number of H-pyrrole nitrogens is 1. The van der Waals surface area contributed by atoms with Gasteiger partial charge in [0, 0.05) is 16.5 Å². The highest BCUT2D eigenvalue weighted by Gasteiger charge is 2.44. The first-order valence-electron chi connectivity index (χ1n) is 7.55. The number of carbonyl (C=O) groups excluding carboxylic acids is 1. The van der Waals surface area contributed by atoms with E-state index in [2.05, 4.69) is 10.3 Å². The molecule has 0 unspecified atom stereocenters. The predicted molar refractivity (Wildman–Crippen MR) is 83.5 cm³/mol. The molecule has 1 saturated carbocycles. The summed E-state index contributed by atoms with van der Waals surface area (Å²) in [6.45, 7) is 8.13. The molecule has 4 heteroatoms. The van der Waals surface area contributed by atoms with Crippen molar-refractivity contribution in [1.82, 2.24) is 10.3 Å². The van der Waals surface area contributed by atoms with Gasteiger partial charge in [0.2, 0.25) is 5.91 Å². The standard InChI is InChI=1S/C15H17FN2O.C2H6/c1-9-3-4-10-7-11(18-13(10)12(9)16)8-17-14(19)15(2)5-6-15;1-2/h3-4,7,18H,5-6,8H2,1-2H3,(H,17,19);1-2H3. The molecule has 2 aromatic rings. The van der Waals surface area contributed by atoms with Crippen LogP contribution < -0.4 is 5.32 Å². The van der Waals surface area contributed by atoms with Gasteiger partial charge in [-0.2, -0.15) is 0 Å². The van der Waals surface area contributed by atoms with Crippen molar-refractivity contribution in [3.63, 3.8) is 0 Å². The minimum Gasteiger partial charge on any atom is -0.355 e. The number of aryl methyl sites for hydroxylation is 1. The smallest absolute Gasteiger partial charge is 0.226 e. The number of fused-ring (bicyclic) bond motifs is 1. The second-order valence-electron chi connectivity index (χ2n) is 5.70. The SMILES string of the molecule is CC.Cc1ccc2cc(CNC(=O)C3(C)CC3)[nH]c2c1F. The zero-order valence-corrected chi connectivity index (χ0v) is 13.1. The largest absolute Gasteiger partial charge is 0.355 e. The highest BCUT2D eigenvalue weighted by atomic mass is 19.1. The molecule has 1 aromatic carbocycles. The molecule has 1 aliphatic carbocycles. The van der Waals surface area contributed by atoms with Gasteiger partial charge in [0.15, 0.2) is 0 Å². The van der Waals surface area contributed by atoms with Crippen LogP contribution in [0.5, 0.6) is 0 Å². The third-order valence-corrected chi connectivity index (χ3v) is 3.97. The van der Waals surface area contributed by atoms with E-state index in [0.29, 0.717) is 17.6 Å². The van der Waals surface area contributed by atoms with Crippen LogP contribution in [-0.4, -0.2) is 10.9 Å². The van der Waals surface area contributed by atoms with Crippen LogP contribution in [0.1, 0.15) is 44.9 Å². The lowest BCUT2D eigenvalue weighted by molar-refractivity contribution is -0.125. The highest BCUT2D eigenvalue weighted by molar-refractivity contribution is 5.85. The first kappa shape index (κ1) is 15.5. The van der Waals surface area contributed by atoms with Crippen LogP contribution in [-0.2, 0) is 11.3 Å². The maximum atomic E-state index is 13.9. The molecule has 0 radical (unpaired) electrons. The molecule has 0 atom stereocenters. The average Bonchev–Trinajstić information content (AvgIpc) is 3.11. The van der Waals surface area contributed by atoms with Crippen LogP contribution in [0.15, 0.2) is 18.2 Å². The highest BCUT2D eigenvalue weighted by Crippen LogP contribution is 2.45. The third-order valence-electron chi connectivity index (χ3n) is 3.97.